The van der Waals surface area contributed by atoms with Crippen molar-refractivity contribution in [3.05, 3.63) is 0 Å². The number of nitrogens with two attached hydrogens (primary N) is 1. The van der Waals surface area contributed by atoms with Crippen molar-refractivity contribution >= 4 is 40.7 Å². The number of thioether (sulfide) groups is 2. The predicted molar refractivity (Wildman–Crippen MR) is 63.5 cm³/mol. The second kappa shape index (κ2) is 5.57. The fourth-order valence-electron chi connectivity index (χ4n) is 0.624. The number of nitrogens with zero attached hydrogens (tertiary/aromatic N) is 2. The summed E-state index contributed by atoms with van der Waals surface area (Å²) in [6, 6.07) is 0. The summed E-state index contributed by atoms with van der Waals surface area (Å²) >= 11 is 4.78. The summed E-state index contributed by atoms with van der Waals surface area (Å²) in [7, 11) is 0. The molecule has 0 aliphatic rings. The van der Waals surface area contributed by atoms with E-state index < -0.39 is 0 Å². The van der Waals surface area contributed by atoms with Crippen molar-refractivity contribution < 1.29 is 0 Å². The molecule has 1 heterocycles. The number of amidine groups is 1. The molecule has 14 heavy (non-hydrogen) atoms. The summed E-state index contributed by atoms with van der Waals surface area (Å²) in [4.78, 5) is 0. The number of hydrogen-bond donors (Lipinski definition) is 2. The molecule has 0 saturated heterocycles. The van der Waals surface area contributed by atoms with Gasteiger partial charge in [0, 0.05) is 11.7 Å². The summed E-state index contributed by atoms with van der Waals surface area (Å²) in [6.07, 6.45) is 1.98. The van der Waals surface area contributed by atoms with Gasteiger partial charge in [0.15, 0.2) is 8.68 Å². The van der Waals surface area contributed by atoms with E-state index in [1.54, 1.807) is 34.9 Å². The van der Waals surface area contributed by atoms with Gasteiger partial charge in [-0.2, -0.15) is 0 Å². The van der Waals surface area contributed by atoms with E-state index in [9.17, 15) is 0 Å². The van der Waals surface area contributed by atoms with E-state index in [2.05, 4.69) is 10.2 Å². The van der Waals surface area contributed by atoms with Gasteiger partial charge in [-0.1, -0.05) is 41.8 Å². The van der Waals surface area contributed by atoms with Crippen molar-refractivity contribution in [2.75, 3.05) is 12.0 Å². The van der Waals surface area contributed by atoms with Crippen LogP contribution in [0.4, 0.5) is 0 Å². The summed E-state index contributed by atoms with van der Waals surface area (Å²) < 4.78 is 1.92. The van der Waals surface area contributed by atoms with Crippen LogP contribution in [-0.2, 0) is 0 Å². The molecule has 3 N–H and O–H groups in total. The zero-order valence-electron chi connectivity index (χ0n) is 7.98. The lowest BCUT2D eigenvalue weighted by atomic mass is 10.2. The van der Waals surface area contributed by atoms with E-state index >= 15 is 0 Å². The Balaban J connectivity index is 2.41. The van der Waals surface area contributed by atoms with Gasteiger partial charge >= 0.3 is 0 Å². The summed E-state index contributed by atoms with van der Waals surface area (Å²) in [5, 5.41) is 15.2. The van der Waals surface area contributed by atoms with Gasteiger partial charge in [-0.3, -0.25) is 5.41 Å². The topological polar surface area (TPSA) is 75.7 Å². The first-order valence-corrected chi connectivity index (χ1v) is 7.00. The van der Waals surface area contributed by atoms with Crippen LogP contribution >= 0.6 is 34.9 Å². The molecule has 0 bridgehead atoms. The molecule has 0 amide bonds. The Labute approximate surface area is 95.6 Å². The lowest BCUT2D eigenvalue weighted by molar-refractivity contribution is 0.875. The van der Waals surface area contributed by atoms with Gasteiger partial charge < -0.3 is 5.73 Å². The van der Waals surface area contributed by atoms with Gasteiger partial charge in [0.25, 0.3) is 0 Å². The molecule has 0 spiro atoms. The molecule has 0 fully saturated rings. The summed E-state index contributed by atoms with van der Waals surface area (Å²) in [5.41, 5.74) is 5.36. The molecule has 4 nitrogen and oxygen atoms in total. The van der Waals surface area contributed by atoms with Gasteiger partial charge in [-0.25, -0.2) is 0 Å². The molecule has 0 aliphatic heterocycles. The number of nitrogens with one attached hydrogen (secondary N) is 1. The minimum Gasteiger partial charge on any atom is -0.387 e. The molecule has 0 aliphatic carbocycles. The molecule has 0 radical (unpaired) electrons. The van der Waals surface area contributed by atoms with Crippen molar-refractivity contribution in [3.63, 3.8) is 0 Å². The maximum absolute atomic E-state index is 7.24. The van der Waals surface area contributed by atoms with E-state index in [4.69, 9.17) is 11.1 Å². The van der Waals surface area contributed by atoms with Gasteiger partial charge in [-0.05, 0) is 6.26 Å². The quantitative estimate of drug-likeness (QED) is 0.473. The van der Waals surface area contributed by atoms with E-state index in [0.717, 1.165) is 14.4 Å². The number of aromatic nitrogens is 2. The average molecular weight is 248 g/mol. The maximum Gasteiger partial charge on any atom is 0.175 e. The van der Waals surface area contributed by atoms with Crippen LogP contribution < -0.4 is 5.73 Å². The highest BCUT2D eigenvalue weighted by atomic mass is 32.2. The van der Waals surface area contributed by atoms with Crippen LogP contribution in [0.2, 0.25) is 0 Å². The van der Waals surface area contributed by atoms with Gasteiger partial charge in [-0.15, -0.1) is 10.2 Å². The first-order valence-electron chi connectivity index (χ1n) is 3.97. The van der Waals surface area contributed by atoms with Crippen LogP contribution in [0.3, 0.4) is 0 Å². The third-order valence-electron chi connectivity index (χ3n) is 1.55. The molecule has 78 valence electrons. The van der Waals surface area contributed by atoms with Crippen LogP contribution in [-0.4, -0.2) is 28.0 Å². The lowest BCUT2D eigenvalue weighted by Crippen LogP contribution is -2.21. The average Bonchev–Trinajstić information content (AvgIpc) is 2.61. The minimum atomic E-state index is 0.0987. The first-order chi connectivity index (χ1) is 6.63. The monoisotopic (exact) mass is 248 g/mol. The van der Waals surface area contributed by atoms with Gasteiger partial charge in [0.1, 0.15) is 0 Å². The van der Waals surface area contributed by atoms with Crippen molar-refractivity contribution in [2.45, 2.75) is 15.6 Å². The third kappa shape index (κ3) is 3.47. The smallest absolute Gasteiger partial charge is 0.175 e. The molecule has 1 rings (SSSR count). The SMILES string of the molecule is CSc1nnc(SCC(C)C(=N)N)s1. The van der Waals surface area contributed by atoms with Crippen LogP contribution in [0.5, 0.6) is 0 Å². The standard InChI is InChI=1S/C7H12N4S3/c1-4(5(8)9)3-13-7-11-10-6(12-2)14-7/h4H,3H2,1-2H3,(H3,8,9). The third-order valence-corrected chi connectivity index (χ3v) is 4.84. The largest absolute Gasteiger partial charge is 0.387 e. The molecule has 7 heteroatoms. The lowest BCUT2D eigenvalue weighted by Gasteiger charge is -2.05. The highest BCUT2D eigenvalue weighted by molar-refractivity contribution is 8.02. The van der Waals surface area contributed by atoms with E-state index in [1.165, 1.54) is 0 Å². The Bertz CT molecular complexity index is 312. The second-order valence-electron chi connectivity index (χ2n) is 2.71. The molecule has 1 unspecified atom stereocenters. The second-order valence-corrected chi connectivity index (χ2v) is 6.00. The summed E-state index contributed by atoms with van der Waals surface area (Å²) in [6.45, 7) is 1.94. The highest BCUT2D eigenvalue weighted by Crippen LogP contribution is 2.28. The molecular formula is C7H12N4S3. The number of hydrogen-bond acceptors (Lipinski definition) is 6. The maximum atomic E-state index is 7.24. The van der Waals surface area contributed by atoms with Crippen LogP contribution in [0.25, 0.3) is 0 Å². The number of rotatable bonds is 5. The van der Waals surface area contributed by atoms with Gasteiger partial charge in [0.05, 0.1) is 5.84 Å². The van der Waals surface area contributed by atoms with Crippen molar-refractivity contribution in [3.8, 4) is 0 Å². The van der Waals surface area contributed by atoms with E-state index in [0.29, 0.717) is 0 Å². The Morgan fingerprint density at radius 3 is 2.71 bits per heavy atom. The van der Waals surface area contributed by atoms with Crippen LogP contribution in [0.1, 0.15) is 6.92 Å². The molecule has 1 aromatic heterocycles. The van der Waals surface area contributed by atoms with Crippen LogP contribution in [0, 0.1) is 11.3 Å². The zero-order valence-corrected chi connectivity index (χ0v) is 10.4. The Morgan fingerprint density at radius 2 is 2.21 bits per heavy atom. The molecule has 1 atom stereocenters. The summed E-state index contributed by atoms with van der Waals surface area (Å²) in [5.74, 6) is 1.12. The van der Waals surface area contributed by atoms with Crippen molar-refractivity contribution in [1.29, 1.82) is 5.41 Å². The fourth-order valence-corrected chi connectivity index (χ4v) is 3.13. The Kier molecular flexibility index (Phi) is 4.70. The van der Waals surface area contributed by atoms with E-state index in [-0.39, 0.29) is 11.8 Å². The predicted octanol–water partition coefficient (Wildman–Crippen LogP) is 1.92. The normalized spacial score (nSPS) is 12.7. The molecule has 1 aromatic rings. The van der Waals surface area contributed by atoms with Gasteiger partial charge in [0.2, 0.25) is 0 Å². The molecule has 0 saturated carbocycles. The van der Waals surface area contributed by atoms with Crippen LogP contribution in [0.15, 0.2) is 8.68 Å². The fraction of sp³-hybridized carbons (Fsp3) is 0.571. The molecular weight excluding hydrogens is 236 g/mol. The molecule has 0 aromatic carbocycles. The Morgan fingerprint density at radius 1 is 1.57 bits per heavy atom. The first kappa shape index (κ1) is 11.8. The Hall–Kier alpha value is -0.270. The highest BCUT2D eigenvalue weighted by Gasteiger charge is 2.09. The zero-order chi connectivity index (χ0) is 10.6. The van der Waals surface area contributed by atoms with Crippen molar-refractivity contribution in [1.82, 2.24) is 10.2 Å². The minimum absolute atomic E-state index is 0.0987. The van der Waals surface area contributed by atoms with Crippen molar-refractivity contribution in [2.24, 2.45) is 11.7 Å². The van der Waals surface area contributed by atoms with E-state index in [1.807, 2.05) is 13.2 Å².